The van der Waals surface area contributed by atoms with Gasteiger partial charge in [-0.3, -0.25) is 0 Å². The monoisotopic (exact) mass is 266 g/mol. The summed E-state index contributed by atoms with van der Waals surface area (Å²) in [7, 11) is 0. The molecule has 100 valence electrons. The number of phenolic OH excluding ortho intramolecular Hbond substituents is 3. The van der Waals surface area contributed by atoms with Gasteiger partial charge in [0.2, 0.25) is 11.5 Å². The zero-order chi connectivity index (χ0) is 14.2. The van der Waals surface area contributed by atoms with Gasteiger partial charge in [0.25, 0.3) is 0 Å². The van der Waals surface area contributed by atoms with Crippen molar-refractivity contribution in [3.8, 4) is 17.2 Å². The molecule has 7 heteroatoms. The van der Waals surface area contributed by atoms with E-state index in [1.807, 2.05) is 0 Å². The van der Waals surface area contributed by atoms with Crippen molar-refractivity contribution in [1.29, 1.82) is 0 Å². The van der Waals surface area contributed by atoms with E-state index in [1.54, 1.807) is 6.92 Å². The van der Waals surface area contributed by atoms with Gasteiger partial charge in [0, 0.05) is 5.39 Å². The summed E-state index contributed by atoms with van der Waals surface area (Å²) < 4.78 is 9.42. The predicted octanol–water partition coefficient (Wildman–Crippen LogP) is 1.09. The van der Waals surface area contributed by atoms with E-state index in [1.165, 1.54) is 0 Å². The number of hydrogen-bond donors (Lipinski definition) is 3. The van der Waals surface area contributed by atoms with Gasteiger partial charge in [0.1, 0.15) is 5.56 Å². The minimum Gasteiger partial charge on any atom is -0.504 e. The predicted molar refractivity (Wildman–Crippen MR) is 63.4 cm³/mol. The summed E-state index contributed by atoms with van der Waals surface area (Å²) in [5.41, 5.74) is -1.70. The van der Waals surface area contributed by atoms with E-state index < -0.39 is 28.8 Å². The van der Waals surface area contributed by atoms with Crippen molar-refractivity contribution in [1.82, 2.24) is 0 Å². The Morgan fingerprint density at radius 1 is 1.26 bits per heavy atom. The van der Waals surface area contributed by atoms with Crippen LogP contribution in [0.5, 0.6) is 17.2 Å². The Morgan fingerprint density at radius 3 is 2.58 bits per heavy atom. The Morgan fingerprint density at radius 2 is 1.95 bits per heavy atom. The summed E-state index contributed by atoms with van der Waals surface area (Å²) >= 11 is 0. The topological polar surface area (TPSA) is 117 Å². The number of ether oxygens (including phenoxy) is 1. The number of carbonyl (C=O) groups excluding carboxylic acids is 1. The van der Waals surface area contributed by atoms with Crippen LogP contribution in [0.15, 0.2) is 21.3 Å². The third kappa shape index (κ3) is 2.05. The summed E-state index contributed by atoms with van der Waals surface area (Å²) in [4.78, 5) is 23.1. The molecule has 0 saturated heterocycles. The van der Waals surface area contributed by atoms with Gasteiger partial charge in [-0.15, -0.1) is 0 Å². The number of aromatic hydroxyl groups is 3. The van der Waals surface area contributed by atoms with Crippen LogP contribution in [-0.2, 0) is 4.74 Å². The fourth-order valence-corrected chi connectivity index (χ4v) is 1.57. The lowest BCUT2D eigenvalue weighted by molar-refractivity contribution is 0.0521. The van der Waals surface area contributed by atoms with E-state index >= 15 is 0 Å². The van der Waals surface area contributed by atoms with E-state index in [4.69, 9.17) is 4.42 Å². The molecule has 0 aliphatic carbocycles. The lowest BCUT2D eigenvalue weighted by Crippen LogP contribution is -2.16. The minimum absolute atomic E-state index is 0.0791. The summed E-state index contributed by atoms with van der Waals surface area (Å²) in [6, 6.07) is 2.16. The molecule has 1 aromatic carbocycles. The van der Waals surface area contributed by atoms with Gasteiger partial charge < -0.3 is 24.5 Å². The molecule has 0 aliphatic rings. The molecule has 0 atom stereocenters. The number of carbonyl (C=O) groups is 1. The highest BCUT2D eigenvalue weighted by atomic mass is 16.5. The number of hydrogen-bond acceptors (Lipinski definition) is 7. The molecule has 3 N–H and O–H groups in total. The second-order valence-electron chi connectivity index (χ2n) is 3.68. The zero-order valence-corrected chi connectivity index (χ0v) is 9.84. The number of phenols is 3. The maximum Gasteiger partial charge on any atom is 0.351 e. The van der Waals surface area contributed by atoms with E-state index in [2.05, 4.69) is 4.74 Å². The van der Waals surface area contributed by atoms with Crippen molar-refractivity contribution in [2.24, 2.45) is 0 Å². The molecule has 0 radical (unpaired) electrons. The first kappa shape index (κ1) is 12.7. The zero-order valence-electron chi connectivity index (χ0n) is 9.84. The van der Waals surface area contributed by atoms with Crippen LogP contribution in [0.4, 0.5) is 0 Å². The first-order valence-electron chi connectivity index (χ1n) is 5.34. The highest BCUT2D eigenvalue weighted by Gasteiger charge is 2.19. The molecule has 0 unspecified atom stereocenters. The molecule has 0 spiro atoms. The Hall–Kier alpha value is -2.70. The second kappa shape index (κ2) is 4.52. The van der Waals surface area contributed by atoms with Crippen LogP contribution in [0.3, 0.4) is 0 Å². The van der Waals surface area contributed by atoms with Crippen molar-refractivity contribution in [3.63, 3.8) is 0 Å². The van der Waals surface area contributed by atoms with Crippen LogP contribution in [0.2, 0.25) is 0 Å². The van der Waals surface area contributed by atoms with E-state index in [9.17, 15) is 24.9 Å². The van der Waals surface area contributed by atoms with Crippen LogP contribution in [0.1, 0.15) is 17.3 Å². The fraction of sp³-hybridized carbons (Fsp3) is 0.167. The van der Waals surface area contributed by atoms with Crippen LogP contribution < -0.4 is 5.63 Å². The average Bonchev–Trinajstić information content (AvgIpc) is 2.37. The normalized spacial score (nSPS) is 10.6. The Kier molecular flexibility index (Phi) is 3.04. The lowest BCUT2D eigenvalue weighted by Gasteiger charge is -2.06. The van der Waals surface area contributed by atoms with Crippen molar-refractivity contribution in [2.75, 3.05) is 6.61 Å². The van der Waals surface area contributed by atoms with Crippen molar-refractivity contribution in [2.45, 2.75) is 6.92 Å². The summed E-state index contributed by atoms with van der Waals surface area (Å²) in [5.74, 6) is -3.05. The van der Waals surface area contributed by atoms with Crippen LogP contribution in [0.25, 0.3) is 11.0 Å². The van der Waals surface area contributed by atoms with Gasteiger partial charge in [0.05, 0.1) is 6.61 Å². The largest absolute Gasteiger partial charge is 0.504 e. The first-order valence-corrected chi connectivity index (χ1v) is 5.34. The molecule has 0 amide bonds. The highest BCUT2D eigenvalue weighted by Crippen LogP contribution is 2.40. The molecule has 0 aliphatic heterocycles. The number of benzene rings is 1. The summed E-state index contributed by atoms with van der Waals surface area (Å²) in [5, 5.41) is 28.3. The van der Waals surface area contributed by atoms with E-state index in [0.717, 1.165) is 12.1 Å². The van der Waals surface area contributed by atoms with Gasteiger partial charge in [-0.2, -0.15) is 0 Å². The quantitative estimate of drug-likeness (QED) is 0.423. The lowest BCUT2D eigenvalue weighted by atomic mass is 10.1. The van der Waals surface area contributed by atoms with Gasteiger partial charge in [-0.1, -0.05) is 0 Å². The molecule has 7 nitrogen and oxygen atoms in total. The highest BCUT2D eigenvalue weighted by molar-refractivity contribution is 5.95. The molecular weight excluding hydrogens is 256 g/mol. The Bertz CT molecular complexity index is 714. The average molecular weight is 266 g/mol. The molecular formula is C12H10O7. The molecule has 2 aromatic rings. The molecule has 0 fully saturated rings. The first-order chi connectivity index (χ1) is 8.95. The number of fused-ring (bicyclic) bond motifs is 1. The van der Waals surface area contributed by atoms with Crippen molar-refractivity contribution in [3.05, 3.63) is 28.1 Å². The maximum absolute atomic E-state index is 11.6. The SMILES string of the molecule is CCOC(=O)c1cc2cc(O)c(O)c(O)c2oc1=O. The summed E-state index contributed by atoms with van der Waals surface area (Å²) in [6.45, 7) is 1.67. The van der Waals surface area contributed by atoms with Gasteiger partial charge in [0.15, 0.2) is 11.3 Å². The Labute approximate surface area is 106 Å². The maximum atomic E-state index is 11.6. The van der Waals surface area contributed by atoms with E-state index in [-0.39, 0.29) is 23.1 Å². The Balaban J connectivity index is 2.73. The van der Waals surface area contributed by atoms with Gasteiger partial charge >= 0.3 is 11.6 Å². The summed E-state index contributed by atoms with van der Waals surface area (Å²) in [6.07, 6.45) is 0. The van der Waals surface area contributed by atoms with Crippen molar-refractivity contribution >= 4 is 16.9 Å². The number of rotatable bonds is 2. The molecule has 0 bridgehead atoms. The van der Waals surface area contributed by atoms with Crippen LogP contribution >= 0.6 is 0 Å². The fourth-order valence-electron chi connectivity index (χ4n) is 1.57. The van der Waals surface area contributed by atoms with Crippen LogP contribution in [0, 0.1) is 0 Å². The van der Waals surface area contributed by atoms with Gasteiger partial charge in [-0.05, 0) is 19.1 Å². The molecule has 1 heterocycles. The third-order valence-corrected chi connectivity index (χ3v) is 2.45. The molecule has 0 saturated carbocycles. The number of esters is 1. The minimum atomic E-state index is -1.01. The van der Waals surface area contributed by atoms with Crippen LogP contribution in [-0.4, -0.2) is 27.9 Å². The van der Waals surface area contributed by atoms with Gasteiger partial charge in [-0.25, -0.2) is 9.59 Å². The molecule has 1 aromatic heterocycles. The van der Waals surface area contributed by atoms with Crippen molar-refractivity contribution < 1.29 is 29.3 Å². The second-order valence-corrected chi connectivity index (χ2v) is 3.68. The third-order valence-electron chi connectivity index (χ3n) is 2.45. The standard InChI is InChI=1S/C12H10O7/c1-2-18-11(16)6-3-5-4-7(13)8(14)9(15)10(5)19-12(6)17/h3-4,13-15H,2H2,1H3. The van der Waals surface area contributed by atoms with E-state index in [0.29, 0.717) is 0 Å². The smallest absolute Gasteiger partial charge is 0.351 e. The molecule has 19 heavy (non-hydrogen) atoms. The molecule has 2 rings (SSSR count).